The number of halogens is 1. The third-order valence-electron chi connectivity index (χ3n) is 1.81. The lowest BCUT2D eigenvalue weighted by atomic mass is 10.4. The van der Waals surface area contributed by atoms with Gasteiger partial charge in [0.1, 0.15) is 11.7 Å². The van der Waals surface area contributed by atoms with E-state index < -0.39 is 17.3 Å². The predicted octanol–water partition coefficient (Wildman–Crippen LogP) is -0.232. The Balaban J connectivity index is 2.36. The van der Waals surface area contributed by atoms with E-state index in [0.717, 1.165) is 0 Å². The number of hydrogen-bond acceptors (Lipinski definition) is 4. The lowest BCUT2D eigenvalue weighted by molar-refractivity contribution is -0.119. The van der Waals surface area contributed by atoms with E-state index in [1.165, 1.54) is 13.3 Å². The van der Waals surface area contributed by atoms with Crippen molar-refractivity contribution in [1.82, 2.24) is 25.4 Å². The minimum atomic E-state index is -0.749. The van der Waals surface area contributed by atoms with Crippen molar-refractivity contribution in [1.29, 1.82) is 0 Å². The van der Waals surface area contributed by atoms with Gasteiger partial charge in [-0.2, -0.15) is 0 Å². The van der Waals surface area contributed by atoms with Gasteiger partial charge < -0.3 is 9.88 Å². The minimum absolute atomic E-state index is 0.187. The fraction of sp³-hybridized carbons (Fsp3) is 0.500. The molecule has 16 heavy (non-hydrogen) atoms. The summed E-state index contributed by atoms with van der Waals surface area (Å²) >= 11 is 5.48. The highest BCUT2D eigenvalue weighted by molar-refractivity contribution is 6.31. The Kier molecular flexibility index (Phi) is 4.24. The van der Waals surface area contributed by atoms with Crippen LogP contribution in [0.1, 0.15) is 12.7 Å². The van der Waals surface area contributed by atoms with Crippen molar-refractivity contribution in [2.75, 3.05) is 0 Å². The van der Waals surface area contributed by atoms with Crippen molar-refractivity contribution in [3.05, 3.63) is 12.2 Å². The molecule has 0 aliphatic rings. The molecule has 1 aromatic rings. The van der Waals surface area contributed by atoms with Gasteiger partial charge in [-0.15, -0.1) is 21.8 Å². The number of carbonyl (C=O) groups excluding carboxylic acids is 2. The van der Waals surface area contributed by atoms with Crippen molar-refractivity contribution in [3.8, 4) is 0 Å². The van der Waals surface area contributed by atoms with E-state index in [0.29, 0.717) is 5.82 Å². The number of urea groups is 1. The molecule has 0 saturated carbocycles. The molecule has 0 saturated heterocycles. The summed E-state index contributed by atoms with van der Waals surface area (Å²) in [6.07, 6.45) is 1.51. The van der Waals surface area contributed by atoms with Crippen LogP contribution in [0.3, 0.4) is 0 Å². The highest BCUT2D eigenvalue weighted by atomic mass is 35.5. The molecule has 1 heterocycles. The molecular weight excluding hydrogens is 234 g/mol. The SMILES string of the molecule is CC(Cl)C(=O)NC(=O)NCc1nncn1C. The van der Waals surface area contributed by atoms with Gasteiger partial charge >= 0.3 is 6.03 Å². The third kappa shape index (κ3) is 3.50. The van der Waals surface area contributed by atoms with Crippen LogP contribution in [0.2, 0.25) is 0 Å². The summed E-state index contributed by atoms with van der Waals surface area (Å²) in [5.74, 6) is 0.0404. The molecule has 1 atom stereocenters. The van der Waals surface area contributed by atoms with Crippen LogP contribution in [0.25, 0.3) is 0 Å². The van der Waals surface area contributed by atoms with Crippen LogP contribution in [0.4, 0.5) is 4.79 Å². The number of carbonyl (C=O) groups is 2. The van der Waals surface area contributed by atoms with E-state index in [1.54, 1.807) is 11.6 Å². The Hall–Kier alpha value is -1.63. The highest BCUT2D eigenvalue weighted by Gasteiger charge is 2.12. The number of nitrogens with zero attached hydrogens (tertiary/aromatic N) is 3. The number of aryl methyl sites for hydroxylation is 1. The second-order valence-electron chi connectivity index (χ2n) is 3.15. The summed E-state index contributed by atoms with van der Waals surface area (Å²) in [6.45, 7) is 1.67. The van der Waals surface area contributed by atoms with E-state index in [-0.39, 0.29) is 6.54 Å². The number of rotatable bonds is 3. The van der Waals surface area contributed by atoms with Gasteiger partial charge in [-0.1, -0.05) is 0 Å². The van der Waals surface area contributed by atoms with Crippen LogP contribution in [0.5, 0.6) is 0 Å². The molecule has 0 aromatic carbocycles. The second kappa shape index (κ2) is 5.45. The zero-order valence-electron chi connectivity index (χ0n) is 8.90. The fourth-order valence-electron chi connectivity index (χ4n) is 0.882. The molecule has 0 aliphatic carbocycles. The number of amides is 3. The third-order valence-corrected chi connectivity index (χ3v) is 2.01. The standard InChI is InChI=1S/C8H12ClN5O2/c1-5(9)7(15)12-8(16)10-3-6-13-11-4-14(6)2/h4-5H,3H2,1-2H3,(H2,10,12,15,16). The summed E-state index contributed by atoms with van der Waals surface area (Å²) in [4.78, 5) is 22.2. The zero-order chi connectivity index (χ0) is 12.1. The molecule has 0 spiro atoms. The highest BCUT2D eigenvalue weighted by Crippen LogP contribution is 1.92. The maximum absolute atomic E-state index is 11.2. The monoisotopic (exact) mass is 245 g/mol. The Morgan fingerprint density at radius 2 is 2.31 bits per heavy atom. The topological polar surface area (TPSA) is 88.9 Å². The van der Waals surface area contributed by atoms with Crippen molar-refractivity contribution in [3.63, 3.8) is 0 Å². The molecule has 0 fully saturated rings. The number of imide groups is 1. The molecule has 0 radical (unpaired) electrons. The van der Waals surface area contributed by atoms with Gasteiger partial charge in [0.05, 0.1) is 6.54 Å². The quantitative estimate of drug-likeness (QED) is 0.720. The molecule has 8 heteroatoms. The van der Waals surface area contributed by atoms with Gasteiger partial charge in [0.2, 0.25) is 5.91 Å². The maximum Gasteiger partial charge on any atom is 0.321 e. The van der Waals surface area contributed by atoms with Gasteiger partial charge in [-0.3, -0.25) is 10.1 Å². The predicted molar refractivity (Wildman–Crippen MR) is 56.7 cm³/mol. The van der Waals surface area contributed by atoms with Crippen molar-refractivity contribution in [2.24, 2.45) is 7.05 Å². The van der Waals surface area contributed by atoms with Crippen LogP contribution in [0, 0.1) is 0 Å². The summed E-state index contributed by atoms with van der Waals surface area (Å²) in [7, 11) is 1.75. The van der Waals surface area contributed by atoms with E-state index in [9.17, 15) is 9.59 Å². The van der Waals surface area contributed by atoms with Gasteiger partial charge in [0.25, 0.3) is 0 Å². The van der Waals surface area contributed by atoms with Crippen molar-refractivity contribution in [2.45, 2.75) is 18.8 Å². The first-order valence-corrected chi connectivity index (χ1v) is 5.00. The first-order chi connectivity index (χ1) is 7.50. The molecule has 7 nitrogen and oxygen atoms in total. The number of alkyl halides is 1. The van der Waals surface area contributed by atoms with Crippen LogP contribution < -0.4 is 10.6 Å². The average Bonchev–Trinajstić information content (AvgIpc) is 2.61. The lowest BCUT2D eigenvalue weighted by Crippen LogP contribution is -2.42. The van der Waals surface area contributed by atoms with Crippen LogP contribution in [-0.4, -0.2) is 32.1 Å². The minimum Gasteiger partial charge on any atom is -0.330 e. The molecule has 1 aromatic heterocycles. The average molecular weight is 246 g/mol. The van der Waals surface area contributed by atoms with Gasteiger partial charge in [0.15, 0.2) is 5.82 Å². The van der Waals surface area contributed by atoms with E-state index in [2.05, 4.69) is 20.8 Å². The molecule has 0 bridgehead atoms. The van der Waals surface area contributed by atoms with E-state index in [1.807, 2.05) is 0 Å². The first-order valence-electron chi connectivity index (χ1n) is 4.56. The molecule has 88 valence electrons. The smallest absolute Gasteiger partial charge is 0.321 e. The summed E-state index contributed by atoms with van der Waals surface area (Å²) in [6, 6.07) is -0.611. The zero-order valence-corrected chi connectivity index (χ0v) is 9.65. The molecule has 0 aliphatic heterocycles. The lowest BCUT2D eigenvalue weighted by Gasteiger charge is -2.06. The van der Waals surface area contributed by atoms with Crippen molar-refractivity contribution < 1.29 is 9.59 Å². The largest absolute Gasteiger partial charge is 0.330 e. The second-order valence-corrected chi connectivity index (χ2v) is 3.80. The van der Waals surface area contributed by atoms with Crippen molar-refractivity contribution >= 4 is 23.5 Å². The fourth-order valence-corrected chi connectivity index (χ4v) is 0.937. The Bertz CT molecular complexity index is 390. The molecule has 3 amide bonds. The molecule has 1 rings (SSSR count). The number of hydrogen-bond donors (Lipinski definition) is 2. The number of aromatic nitrogens is 3. The van der Waals surface area contributed by atoms with Crippen LogP contribution >= 0.6 is 11.6 Å². The first kappa shape index (κ1) is 12.4. The van der Waals surface area contributed by atoms with Crippen LogP contribution in [-0.2, 0) is 18.4 Å². The molecular formula is C8H12ClN5O2. The molecule has 1 unspecified atom stereocenters. The summed E-state index contributed by atoms with van der Waals surface area (Å²) in [5, 5.41) is 11.2. The Morgan fingerprint density at radius 1 is 1.62 bits per heavy atom. The summed E-state index contributed by atoms with van der Waals surface area (Å²) in [5.41, 5.74) is 0. The van der Waals surface area contributed by atoms with E-state index >= 15 is 0 Å². The maximum atomic E-state index is 11.2. The molecule has 2 N–H and O–H groups in total. The normalized spacial score (nSPS) is 11.9. The van der Waals surface area contributed by atoms with Gasteiger partial charge in [-0.05, 0) is 6.92 Å². The summed E-state index contributed by atoms with van der Waals surface area (Å²) < 4.78 is 1.66. The van der Waals surface area contributed by atoms with Gasteiger partial charge in [0, 0.05) is 7.05 Å². The number of nitrogens with one attached hydrogen (secondary N) is 2. The Labute approximate surface area is 97.2 Å². The Morgan fingerprint density at radius 3 is 2.81 bits per heavy atom. The van der Waals surface area contributed by atoms with Crippen LogP contribution in [0.15, 0.2) is 6.33 Å². The van der Waals surface area contributed by atoms with Gasteiger partial charge in [-0.25, -0.2) is 4.79 Å². The van der Waals surface area contributed by atoms with E-state index in [4.69, 9.17) is 11.6 Å².